The summed E-state index contributed by atoms with van der Waals surface area (Å²) in [5.41, 5.74) is 2.74. The fourth-order valence-electron chi connectivity index (χ4n) is 3.10. The van der Waals surface area contributed by atoms with Crippen LogP contribution in [-0.2, 0) is 14.3 Å². The summed E-state index contributed by atoms with van der Waals surface area (Å²) < 4.78 is 5.32. The third-order valence-corrected chi connectivity index (χ3v) is 5.28. The van der Waals surface area contributed by atoms with E-state index in [2.05, 4.69) is 4.99 Å². The first-order valence-electron chi connectivity index (χ1n) is 8.71. The van der Waals surface area contributed by atoms with E-state index in [1.807, 2.05) is 54.8 Å². The van der Waals surface area contributed by atoms with Crippen LogP contribution in [0.1, 0.15) is 24.0 Å². The molecule has 1 fully saturated rings. The van der Waals surface area contributed by atoms with Crippen molar-refractivity contribution in [1.29, 1.82) is 0 Å². The highest BCUT2D eigenvalue weighted by molar-refractivity contribution is 7.98. The van der Waals surface area contributed by atoms with E-state index in [1.165, 1.54) is 0 Å². The molecule has 2 aliphatic heterocycles. The Hall–Kier alpha value is -2.86. The van der Waals surface area contributed by atoms with Crippen LogP contribution >= 0.6 is 11.8 Å². The molecule has 2 aromatic rings. The van der Waals surface area contributed by atoms with Gasteiger partial charge in [0.2, 0.25) is 11.8 Å². The van der Waals surface area contributed by atoms with E-state index in [9.17, 15) is 9.59 Å². The van der Waals surface area contributed by atoms with Crippen LogP contribution in [0.15, 0.2) is 64.1 Å². The van der Waals surface area contributed by atoms with Gasteiger partial charge < -0.3 is 9.64 Å². The highest BCUT2D eigenvalue weighted by Gasteiger charge is 2.25. The van der Waals surface area contributed by atoms with Gasteiger partial charge in [-0.3, -0.25) is 4.79 Å². The first-order chi connectivity index (χ1) is 13.1. The van der Waals surface area contributed by atoms with Crippen molar-refractivity contribution in [3.63, 3.8) is 0 Å². The van der Waals surface area contributed by atoms with Crippen molar-refractivity contribution >= 4 is 41.3 Å². The summed E-state index contributed by atoms with van der Waals surface area (Å²) in [7, 11) is 0. The highest BCUT2D eigenvalue weighted by Crippen LogP contribution is 2.24. The fourth-order valence-corrected chi connectivity index (χ4v) is 3.50. The summed E-state index contributed by atoms with van der Waals surface area (Å²) in [6.07, 6.45) is 5.22. The van der Waals surface area contributed by atoms with E-state index < -0.39 is 5.97 Å². The van der Waals surface area contributed by atoms with Gasteiger partial charge in [0, 0.05) is 29.1 Å². The molecule has 5 nitrogen and oxygen atoms in total. The average Bonchev–Trinajstić information content (AvgIpc) is 3.28. The fraction of sp³-hybridized carbons (Fsp3) is 0.190. The monoisotopic (exact) mass is 378 g/mol. The Labute approximate surface area is 161 Å². The Morgan fingerprint density at radius 3 is 2.44 bits per heavy atom. The molecule has 27 heavy (non-hydrogen) atoms. The van der Waals surface area contributed by atoms with Gasteiger partial charge in [-0.25, -0.2) is 9.79 Å². The van der Waals surface area contributed by atoms with Crippen LogP contribution in [0.5, 0.6) is 0 Å². The molecule has 1 saturated heterocycles. The van der Waals surface area contributed by atoms with E-state index in [0.717, 1.165) is 29.1 Å². The molecule has 6 heteroatoms. The van der Waals surface area contributed by atoms with Crippen molar-refractivity contribution in [3.8, 4) is 0 Å². The van der Waals surface area contributed by atoms with E-state index in [1.54, 1.807) is 22.7 Å². The first-order valence-corrected chi connectivity index (χ1v) is 9.94. The molecule has 2 aromatic carbocycles. The smallest absolute Gasteiger partial charge is 0.363 e. The second-order valence-electron chi connectivity index (χ2n) is 6.31. The molecule has 2 aliphatic rings. The zero-order chi connectivity index (χ0) is 18.8. The quantitative estimate of drug-likeness (QED) is 0.460. The average molecular weight is 378 g/mol. The molecule has 0 bridgehead atoms. The maximum atomic E-state index is 12.1. The van der Waals surface area contributed by atoms with Gasteiger partial charge in [0.1, 0.15) is 0 Å². The molecule has 2 heterocycles. The number of thioether (sulfide) groups is 1. The van der Waals surface area contributed by atoms with Crippen LogP contribution in [0.4, 0.5) is 5.69 Å². The predicted molar refractivity (Wildman–Crippen MR) is 107 cm³/mol. The van der Waals surface area contributed by atoms with Crippen LogP contribution in [0.3, 0.4) is 0 Å². The molecule has 0 spiro atoms. The van der Waals surface area contributed by atoms with Crippen molar-refractivity contribution in [3.05, 3.63) is 65.4 Å². The first kappa shape index (κ1) is 17.5. The van der Waals surface area contributed by atoms with Gasteiger partial charge in [-0.1, -0.05) is 12.1 Å². The molecule has 136 valence electrons. The van der Waals surface area contributed by atoms with Crippen molar-refractivity contribution in [2.24, 2.45) is 4.99 Å². The summed E-state index contributed by atoms with van der Waals surface area (Å²) >= 11 is 1.66. The molecule has 0 aliphatic carbocycles. The van der Waals surface area contributed by atoms with Crippen molar-refractivity contribution < 1.29 is 14.3 Å². The number of amides is 1. The van der Waals surface area contributed by atoms with Crippen molar-refractivity contribution in [2.45, 2.75) is 17.7 Å². The van der Waals surface area contributed by atoms with Crippen LogP contribution in [0.2, 0.25) is 0 Å². The number of hydrogen-bond donors (Lipinski definition) is 0. The lowest BCUT2D eigenvalue weighted by Crippen LogP contribution is -2.23. The molecule has 4 rings (SSSR count). The zero-order valence-electron chi connectivity index (χ0n) is 14.8. The molecule has 0 N–H and O–H groups in total. The maximum Gasteiger partial charge on any atom is 0.363 e. The summed E-state index contributed by atoms with van der Waals surface area (Å²) in [5, 5.41) is 0. The standard InChI is InChI=1S/C21H18N2O3S/c1-27-17-10-4-14(5-11-17)13-18-21(25)26-20(22-18)15-6-8-16(9-7-15)23-12-2-3-19(23)24/h4-11,13H,2-3,12H2,1H3/b18-13-. The number of benzene rings is 2. The third kappa shape index (κ3) is 3.66. The Bertz CT molecular complexity index is 946. The minimum Gasteiger partial charge on any atom is -0.402 e. The highest BCUT2D eigenvalue weighted by atomic mass is 32.2. The van der Waals surface area contributed by atoms with E-state index in [4.69, 9.17) is 4.74 Å². The molecular weight excluding hydrogens is 360 g/mol. The summed E-state index contributed by atoms with van der Waals surface area (Å²) in [6, 6.07) is 15.3. The Kier molecular flexibility index (Phi) is 4.81. The van der Waals surface area contributed by atoms with Gasteiger partial charge in [0.15, 0.2) is 5.70 Å². The molecule has 0 radical (unpaired) electrons. The number of anilines is 1. The topological polar surface area (TPSA) is 59.0 Å². The van der Waals surface area contributed by atoms with Crippen molar-refractivity contribution in [1.82, 2.24) is 0 Å². The van der Waals surface area contributed by atoms with Crippen LogP contribution in [0, 0.1) is 0 Å². The lowest BCUT2D eigenvalue weighted by atomic mass is 10.2. The number of rotatable bonds is 4. The van der Waals surface area contributed by atoms with Crippen LogP contribution in [0.25, 0.3) is 6.08 Å². The van der Waals surface area contributed by atoms with Gasteiger partial charge in [-0.15, -0.1) is 11.8 Å². The normalized spacial score (nSPS) is 18.2. The third-order valence-electron chi connectivity index (χ3n) is 4.54. The largest absolute Gasteiger partial charge is 0.402 e. The summed E-state index contributed by atoms with van der Waals surface area (Å²) in [5.74, 6) is -0.0332. The minimum absolute atomic E-state index is 0.144. The van der Waals surface area contributed by atoms with Gasteiger partial charge in [-0.05, 0) is 60.7 Å². The van der Waals surface area contributed by atoms with Crippen molar-refractivity contribution in [2.75, 3.05) is 17.7 Å². The lowest BCUT2D eigenvalue weighted by molar-refractivity contribution is -0.130. The van der Waals surface area contributed by atoms with Gasteiger partial charge in [-0.2, -0.15) is 0 Å². The lowest BCUT2D eigenvalue weighted by Gasteiger charge is -2.15. The summed E-state index contributed by atoms with van der Waals surface area (Å²) in [4.78, 5) is 31.3. The molecule has 0 aromatic heterocycles. The van der Waals surface area contributed by atoms with Gasteiger partial charge >= 0.3 is 5.97 Å². The number of hydrogen-bond acceptors (Lipinski definition) is 5. The maximum absolute atomic E-state index is 12.1. The molecule has 0 unspecified atom stereocenters. The van der Waals surface area contributed by atoms with E-state index in [0.29, 0.717) is 12.0 Å². The minimum atomic E-state index is -0.460. The SMILES string of the molecule is CSc1ccc(/C=C2\N=C(c3ccc(N4CCCC4=O)cc3)OC2=O)cc1. The summed E-state index contributed by atoms with van der Waals surface area (Å²) in [6.45, 7) is 0.746. The molecule has 1 amide bonds. The number of nitrogens with zero attached hydrogens (tertiary/aromatic N) is 2. The Morgan fingerprint density at radius 1 is 1.07 bits per heavy atom. The second kappa shape index (κ2) is 7.40. The zero-order valence-corrected chi connectivity index (χ0v) is 15.7. The second-order valence-corrected chi connectivity index (χ2v) is 7.18. The van der Waals surface area contributed by atoms with E-state index in [-0.39, 0.29) is 17.5 Å². The molecule has 0 atom stereocenters. The van der Waals surface area contributed by atoms with Gasteiger partial charge in [0.05, 0.1) is 0 Å². The molecular formula is C21H18N2O3S. The predicted octanol–water partition coefficient (Wildman–Crippen LogP) is 3.88. The van der Waals surface area contributed by atoms with Gasteiger partial charge in [0.25, 0.3) is 0 Å². The number of carbonyl (C=O) groups is 2. The Morgan fingerprint density at radius 2 is 1.81 bits per heavy atom. The van der Waals surface area contributed by atoms with Crippen LogP contribution in [-0.4, -0.2) is 30.6 Å². The van der Waals surface area contributed by atoms with E-state index >= 15 is 0 Å². The number of carbonyl (C=O) groups excluding carboxylic acids is 2. The Balaban J connectivity index is 1.55. The van der Waals surface area contributed by atoms with Crippen LogP contribution < -0.4 is 4.90 Å². The number of cyclic esters (lactones) is 1. The number of aliphatic imine (C=N–C) groups is 1. The number of esters is 1. The molecule has 0 saturated carbocycles. The number of ether oxygens (including phenoxy) is 1.